The highest BCUT2D eigenvalue weighted by Crippen LogP contribution is 2.30. The van der Waals surface area contributed by atoms with Gasteiger partial charge in [0.1, 0.15) is 6.61 Å². The fourth-order valence-corrected chi connectivity index (χ4v) is 6.16. The monoisotopic (exact) mass is 640 g/mol. The standard InChI is InChI=1S/C37H40N2O8/c1-2-45-32(40)24-30(22-26-12-6-3-7-13-26)34(41)39-31(23-27-14-8-4-9-15-27)33(47-37(39)44)35(42)38-20-18-29(19-21-38)36(43)46-25-28-16-10-5-11-17-28/h3-17,29-31,33H,2,18-25H2,1H3/t30-,31+,33-/m1/s1. The van der Waals surface area contributed by atoms with E-state index in [1.807, 2.05) is 91.0 Å². The van der Waals surface area contributed by atoms with Crippen LogP contribution in [0.15, 0.2) is 91.0 Å². The number of hydrogen-bond donors (Lipinski definition) is 0. The van der Waals surface area contributed by atoms with Crippen molar-refractivity contribution in [3.8, 4) is 0 Å². The van der Waals surface area contributed by atoms with E-state index in [2.05, 4.69) is 0 Å². The van der Waals surface area contributed by atoms with Crippen molar-refractivity contribution in [3.63, 3.8) is 0 Å². The lowest BCUT2D eigenvalue weighted by Crippen LogP contribution is -2.52. The van der Waals surface area contributed by atoms with E-state index in [0.717, 1.165) is 21.6 Å². The summed E-state index contributed by atoms with van der Waals surface area (Å²) in [6.45, 7) is 2.59. The number of cyclic esters (lactones) is 1. The molecule has 2 aliphatic rings. The predicted octanol–water partition coefficient (Wildman–Crippen LogP) is 4.74. The second-order valence-corrected chi connectivity index (χ2v) is 11.9. The quantitative estimate of drug-likeness (QED) is 0.206. The second kappa shape index (κ2) is 16.0. The molecular formula is C37H40N2O8. The van der Waals surface area contributed by atoms with Crippen LogP contribution in [-0.2, 0) is 52.8 Å². The average Bonchev–Trinajstić information content (AvgIpc) is 3.42. The molecule has 47 heavy (non-hydrogen) atoms. The van der Waals surface area contributed by atoms with Crippen molar-refractivity contribution in [2.24, 2.45) is 11.8 Å². The van der Waals surface area contributed by atoms with Gasteiger partial charge in [-0.05, 0) is 49.3 Å². The summed E-state index contributed by atoms with van der Waals surface area (Å²) < 4.78 is 16.4. The van der Waals surface area contributed by atoms with Gasteiger partial charge in [-0.2, -0.15) is 0 Å². The number of nitrogens with zero attached hydrogens (tertiary/aromatic N) is 2. The van der Waals surface area contributed by atoms with Crippen LogP contribution < -0.4 is 0 Å². The maximum atomic E-state index is 14.2. The first kappa shape index (κ1) is 33.4. The van der Waals surface area contributed by atoms with Crippen molar-refractivity contribution in [2.75, 3.05) is 19.7 Å². The molecule has 0 aromatic heterocycles. The van der Waals surface area contributed by atoms with Crippen LogP contribution in [0.4, 0.5) is 4.79 Å². The Labute approximate surface area is 274 Å². The Hall–Kier alpha value is -4.99. The van der Waals surface area contributed by atoms with E-state index in [0.29, 0.717) is 12.8 Å². The maximum Gasteiger partial charge on any atom is 0.417 e. The summed E-state index contributed by atoms with van der Waals surface area (Å²) >= 11 is 0. The van der Waals surface area contributed by atoms with Crippen LogP contribution in [0.1, 0.15) is 42.9 Å². The third kappa shape index (κ3) is 8.64. The van der Waals surface area contributed by atoms with Crippen LogP contribution >= 0.6 is 0 Å². The predicted molar refractivity (Wildman–Crippen MR) is 171 cm³/mol. The average molecular weight is 641 g/mol. The zero-order chi connectivity index (χ0) is 33.2. The fraction of sp³-hybridized carbons (Fsp3) is 0.378. The van der Waals surface area contributed by atoms with Gasteiger partial charge in [-0.25, -0.2) is 9.69 Å². The van der Waals surface area contributed by atoms with E-state index in [-0.39, 0.29) is 57.5 Å². The minimum atomic E-state index is -1.24. The van der Waals surface area contributed by atoms with E-state index in [1.165, 1.54) is 0 Å². The molecule has 3 atom stereocenters. The number of benzene rings is 3. The Balaban J connectivity index is 1.31. The highest BCUT2D eigenvalue weighted by Gasteiger charge is 2.51. The molecule has 5 rings (SSSR count). The topological polar surface area (TPSA) is 120 Å². The first-order chi connectivity index (χ1) is 22.8. The van der Waals surface area contributed by atoms with Crippen molar-refractivity contribution >= 4 is 29.8 Å². The van der Waals surface area contributed by atoms with E-state index in [4.69, 9.17) is 14.2 Å². The van der Waals surface area contributed by atoms with Crippen LogP contribution in [-0.4, -0.2) is 71.5 Å². The molecule has 0 N–H and O–H groups in total. The number of piperidine rings is 1. The summed E-state index contributed by atoms with van der Waals surface area (Å²) in [6.07, 6.45) is -1.18. The smallest absolute Gasteiger partial charge is 0.417 e. The molecular weight excluding hydrogens is 600 g/mol. The van der Waals surface area contributed by atoms with Gasteiger partial charge in [0, 0.05) is 13.1 Å². The molecule has 2 heterocycles. The zero-order valence-corrected chi connectivity index (χ0v) is 26.5. The molecule has 0 radical (unpaired) electrons. The highest BCUT2D eigenvalue weighted by molar-refractivity contribution is 5.99. The Morgan fingerprint density at radius 1 is 0.809 bits per heavy atom. The number of likely N-dealkylation sites (tertiary alicyclic amines) is 1. The minimum absolute atomic E-state index is 0.158. The molecule has 0 saturated carbocycles. The largest absolute Gasteiger partial charge is 0.466 e. The molecule has 0 aliphatic carbocycles. The van der Waals surface area contributed by atoms with Crippen molar-refractivity contribution in [1.29, 1.82) is 0 Å². The first-order valence-corrected chi connectivity index (χ1v) is 16.1. The molecule has 246 valence electrons. The van der Waals surface area contributed by atoms with Crippen LogP contribution in [0.25, 0.3) is 0 Å². The Kier molecular flexibility index (Phi) is 11.4. The second-order valence-electron chi connectivity index (χ2n) is 11.9. The highest BCUT2D eigenvalue weighted by atomic mass is 16.6. The summed E-state index contributed by atoms with van der Waals surface area (Å²) in [4.78, 5) is 69.5. The van der Waals surface area contributed by atoms with Crippen molar-refractivity contribution < 1.29 is 38.2 Å². The number of ether oxygens (including phenoxy) is 3. The first-order valence-electron chi connectivity index (χ1n) is 16.1. The molecule has 10 nitrogen and oxygen atoms in total. The number of amides is 3. The van der Waals surface area contributed by atoms with E-state index < -0.39 is 41.9 Å². The molecule has 3 amide bonds. The van der Waals surface area contributed by atoms with Gasteiger partial charge in [0.15, 0.2) is 0 Å². The summed E-state index contributed by atoms with van der Waals surface area (Å²) in [7, 11) is 0. The van der Waals surface area contributed by atoms with Gasteiger partial charge < -0.3 is 19.1 Å². The lowest BCUT2D eigenvalue weighted by Gasteiger charge is -2.33. The van der Waals surface area contributed by atoms with Gasteiger partial charge >= 0.3 is 18.0 Å². The van der Waals surface area contributed by atoms with E-state index in [9.17, 15) is 24.0 Å². The van der Waals surface area contributed by atoms with Crippen LogP contribution in [0.3, 0.4) is 0 Å². The zero-order valence-electron chi connectivity index (χ0n) is 26.5. The van der Waals surface area contributed by atoms with Crippen LogP contribution in [0, 0.1) is 11.8 Å². The molecule has 3 aromatic rings. The lowest BCUT2D eigenvalue weighted by atomic mass is 9.92. The molecule has 0 unspecified atom stereocenters. The van der Waals surface area contributed by atoms with Crippen LogP contribution in [0.5, 0.6) is 0 Å². The molecule has 2 fully saturated rings. The fourth-order valence-electron chi connectivity index (χ4n) is 6.16. The normalized spacial score (nSPS) is 18.7. The third-order valence-corrected chi connectivity index (χ3v) is 8.63. The summed E-state index contributed by atoms with van der Waals surface area (Å²) in [6, 6.07) is 27.0. The third-order valence-electron chi connectivity index (χ3n) is 8.63. The Morgan fingerprint density at radius 3 is 1.98 bits per heavy atom. The molecule has 0 spiro atoms. The Morgan fingerprint density at radius 2 is 1.38 bits per heavy atom. The van der Waals surface area contributed by atoms with Gasteiger partial charge in [0.25, 0.3) is 5.91 Å². The van der Waals surface area contributed by atoms with Crippen LogP contribution in [0.2, 0.25) is 0 Å². The molecule has 2 aliphatic heterocycles. The summed E-state index contributed by atoms with van der Waals surface area (Å²) in [5, 5.41) is 0. The number of carbonyl (C=O) groups excluding carboxylic acids is 5. The molecule has 2 saturated heterocycles. The Bertz CT molecular complexity index is 1520. The van der Waals surface area contributed by atoms with Gasteiger partial charge in [0.2, 0.25) is 12.0 Å². The van der Waals surface area contributed by atoms with Gasteiger partial charge in [-0.1, -0.05) is 91.0 Å². The molecule has 3 aromatic carbocycles. The van der Waals surface area contributed by atoms with Crippen molar-refractivity contribution in [3.05, 3.63) is 108 Å². The van der Waals surface area contributed by atoms with Gasteiger partial charge in [-0.15, -0.1) is 0 Å². The molecule has 10 heteroatoms. The molecule has 0 bridgehead atoms. The number of imide groups is 1. The van der Waals surface area contributed by atoms with Crippen molar-refractivity contribution in [1.82, 2.24) is 9.80 Å². The number of hydrogen-bond acceptors (Lipinski definition) is 8. The number of esters is 2. The SMILES string of the molecule is CCOC(=O)C[C@@H](Cc1ccccc1)C(=O)N1C(=O)O[C@@H](C(=O)N2CCC(C(=O)OCc3ccccc3)CC2)[C@@H]1Cc1ccccc1. The maximum absolute atomic E-state index is 14.2. The number of rotatable bonds is 12. The lowest BCUT2D eigenvalue weighted by molar-refractivity contribution is -0.154. The summed E-state index contributed by atoms with van der Waals surface area (Å²) in [5.74, 6) is -3.13. The summed E-state index contributed by atoms with van der Waals surface area (Å²) in [5.41, 5.74) is 2.53. The minimum Gasteiger partial charge on any atom is -0.466 e. The number of carbonyl (C=O) groups is 5. The van der Waals surface area contributed by atoms with Gasteiger partial charge in [-0.3, -0.25) is 19.2 Å². The van der Waals surface area contributed by atoms with E-state index in [1.54, 1.807) is 11.8 Å². The van der Waals surface area contributed by atoms with Crippen molar-refractivity contribution in [2.45, 2.75) is 57.8 Å². The van der Waals surface area contributed by atoms with Gasteiger partial charge in [0.05, 0.1) is 30.9 Å². The van der Waals surface area contributed by atoms with E-state index >= 15 is 0 Å².